The lowest BCUT2D eigenvalue weighted by Crippen LogP contribution is -2.16. The molecule has 1 N–H and O–H groups in total. The van der Waals surface area contributed by atoms with Gasteiger partial charge < -0.3 is 9.73 Å². The molecule has 0 saturated carbocycles. The average molecular weight is 415 g/mol. The minimum atomic E-state index is -0.942. The van der Waals surface area contributed by atoms with Gasteiger partial charge in [-0.1, -0.05) is 31.5 Å². The van der Waals surface area contributed by atoms with Gasteiger partial charge in [-0.15, -0.1) is 0 Å². The summed E-state index contributed by atoms with van der Waals surface area (Å²) in [5, 5.41) is 3.78. The molecule has 0 bridgehead atoms. The summed E-state index contributed by atoms with van der Waals surface area (Å²) in [7, 11) is 0. The number of amides is 1. The Morgan fingerprint density at radius 2 is 1.79 bits per heavy atom. The fourth-order valence-electron chi connectivity index (χ4n) is 2.72. The van der Waals surface area contributed by atoms with Gasteiger partial charge >= 0.3 is 0 Å². The van der Waals surface area contributed by atoms with Gasteiger partial charge in [0.1, 0.15) is 28.6 Å². The molecule has 0 aliphatic carbocycles. The molecule has 4 aromatic rings. The second kappa shape index (κ2) is 8.84. The van der Waals surface area contributed by atoms with Crippen LogP contribution in [0, 0.1) is 11.6 Å². The predicted molar refractivity (Wildman–Crippen MR) is 110 cm³/mol. The van der Waals surface area contributed by atoms with Crippen LogP contribution in [0.5, 0.6) is 0 Å². The number of furan rings is 1. The highest BCUT2D eigenvalue weighted by Gasteiger charge is 2.17. The first-order chi connectivity index (χ1) is 14.0. The number of benzene rings is 2. The SMILES string of the molecule is CC.O=C(Nc1ccc(-c2cc3occc3cc2Cl)cn1)c1c(F)cccc1F. The molecule has 0 aliphatic rings. The van der Waals surface area contributed by atoms with Gasteiger partial charge in [0.15, 0.2) is 0 Å². The molecular formula is C22H17ClF2N2O2. The molecule has 148 valence electrons. The number of aromatic nitrogens is 1. The van der Waals surface area contributed by atoms with Crippen LogP contribution < -0.4 is 5.32 Å². The van der Waals surface area contributed by atoms with E-state index in [-0.39, 0.29) is 5.82 Å². The van der Waals surface area contributed by atoms with E-state index in [0.717, 1.165) is 17.5 Å². The fraction of sp³-hybridized carbons (Fsp3) is 0.0909. The van der Waals surface area contributed by atoms with Gasteiger partial charge in [0.2, 0.25) is 0 Å². The Kier molecular flexibility index (Phi) is 6.24. The van der Waals surface area contributed by atoms with Gasteiger partial charge in [-0.2, -0.15) is 0 Å². The topological polar surface area (TPSA) is 55.1 Å². The lowest BCUT2D eigenvalue weighted by molar-refractivity contribution is 0.101. The third-order valence-electron chi connectivity index (χ3n) is 4.05. The van der Waals surface area contributed by atoms with E-state index in [2.05, 4.69) is 10.3 Å². The zero-order valence-electron chi connectivity index (χ0n) is 15.7. The van der Waals surface area contributed by atoms with Crippen LogP contribution in [0.15, 0.2) is 65.4 Å². The largest absolute Gasteiger partial charge is 0.464 e. The number of nitrogens with zero attached hydrogens (tertiary/aromatic N) is 1. The summed E-state index contributed by atoms with van der Waals surface area (Å²) in [5.41, 5.74) is 1.44. The van der Waals surface area contributed by atoms with Crippen LogP contribution in [0.1, 0.15) is 24.2 Å². The molecule has 29 heavy (non-hydrogen) atoms. The van der Waals surface area contributed by atoms with Crippen molar-refractivity contribution in [1.29, 1.82) is 0 Å². The molecule has 2 aromatic carbocycles. The molecule has 2 aromatic heterocycles. The van der Waals surface area contributed by atoms with E-state index < -0.39 is 23.1 Å². The van der Waals surface area contributed by atoms with Crippen LogP contribution in [0.25, 0.3) is 22.1 Å². The Morgan fingerprint density at radius 1 is 1.07 bits per heavy atom. The van der Waals surface area contributed by atoms with Crippen LogP contribution in [-0.2, 0) is 0 Å². The van der Waals surface area contributed by atoms with E-state index in [1.807, 2.05) is 19.9 Å². The summed E-state index contributed by atoms with van der Waals surface area (Å²) in [6.45, 7) is 4.00. The number of pyridine rings is 1. The number of hydrogen-bond acceptors (Lipinski definition) is 3. The van der Waals surface area contributed by atoms with Crippen LogP contribution in [0.2, 0.25) is 5.02 Å². The second-order valence-electron chi connectivity index (χ2n) is 5.77. The van der Waals surface area contributed by atoms with E-state index in [4.69, 9.17) is 16.0 Å². The van der Waals surface area contributed by atoms with Crippen molar-refractivity contribution >= 4 is 34.3 Å². The Labute approximate surface area is 171 Å². The van der Waals surface area contributed by atoms with E-state index >= 15 is 0 Å². The molecule has 0 atom stereocenters. The van der Waals surface area contributed by atoms with Gasteiger partial charge in [-0.3, -0.25) is 4.79 Å². The third-order valence-corrected chi connectivity index (χ3v) is 4.36. The number of hydrogen-bond donors (Lipinski definition) is 1. The summed E-state index contributed by atoms with van der Waals surface area (Å²) in [5.74, 6) is -2.65. The molecule has 0 aliphatic heterocycles. The van der Waals surface area contributed by atoms with Crippen molar-refractivity contribution in [2.24, 2.45) is 0 Å². The van der Waals surface area contributed by atoms with Crippen LogP contribution in [-0.4, -0.2) is 10.9 Å². The predicted octanol–water partition coefficient (Wildman–Crippen LogP) is 6.70. The van der Waals surface area contributed by atoms with E-state index in [1.165, 1.54) is 18.3 Å². The van der Waals surface area contributed by atoms with Crippen LogP contribution in [0.3, 0.4) is 0 Å². The molecule has 0 fully saturated rings. The maximum Gasteiger partial charge on any atom is 0.262 e. The number of halogens is 3. The molecule has 0 saturated heterocycles. The summed E-state index contributed by atoms with van der Waals surface area (Å²) in [6, 6.07) is 11.8. The fourth-order valence-corrected chi connectivity index (χ4v) is 3.00. The zero-order valence-corrected chi connectivity index (χ0v) is 16.4. The molecular weight excluding hydrogens is 398 g/mol. The zero-order chi connectivity index (χ0) is 21.0. The van der Waals surface area contributed by atoms with Crippen molar-refractivity contribution in [3.05, 3.63) is 83.2 Å². The summed E-state index contributed by atoms with van der Waals surface area (Å²) in [4.78, 5) is 16.2. The second-order valence-corrected chi connectivity index (χ2v) is 6.18. The molecule has 0 spiro atoms. The molecule has 2 heterocycles. The number of carbonyl (C=O) groups excluding carboxylic acids is 1. The van der Waals surface area contributed by atoms with Crippen molar-refractivity contribution in [3.63, 3.8) is 0 Å². The van der Waals surface area contributed by atoms with E-state index in [9.17, 15) is 13.6 Å². The van der Waals surface area contributed by atoms with Crippen LogP contribution >= 0.6 is 11.6 Å². The average Bonchev–Trinajstić information content (AvgIpc) is 3.16. The molecule has 7 heteroatoms. The lowest BCUT2D eigenvalue weighted by Gasteiger charge is -2.08. The highest BCUT2D eigenvalue weighted by molar-refractivity contribution is 6.34. The van der Waals surface area contributed by atoms with Gasteiger partial charge in [0.25, 0.3) is 5.91 Å². The Hall–Kier alpha value is -3.25. The smallest absolute Gasteiger partial charge is 0.262 e. The van der Waals surface area contributed by atoms with Gasteiger partial charge in [0.05, 0.1) is 6.26 Å². The van der Waals surface area contributed by atoms with Crippen molar-refractivity contribution in [2.45, 2.75) is 13.8 Å². The number of fused-ring (bicyclic) bond motifs is 1. The highest BCUT2D eigenvalue weighted by Crippen LogP contribution is 2.32. The number of nitrogens with one attached hydrogen (secondary N) is 1. The van der Waals surface area contributed by atoms with Crippen LogP contribution in [0.4, 0.5) is 14.6 Å². The van der Waals surface area contributed by atoms with E-state index in [1.54, 1.807) is 24.5 Å². The summed E-state index contributed by atoms with van der Waals surface area (Å²) < 4.78 is 32.8. The molecule has 0 unspecified atom stereocenters. The van der Waals surface area contributed by atoms with Gasteiger partial charge in [-0.25, -0.2) is 13.8 Å². The van der Waals surface area contributed by atoms with E-state index in [0.29, 0.717) is 21.7 Å². The Balaban J connectivity index is 0.00000117. The van der Waals surface area contributed by atoms with Crippen molar-refractivity contribution in [2.75, 3.05) is 5.32 Å². The number of carbonyl (C=O) groups is 1. The first-order valence-corrected chi connectivity index (χ1v) is 9.29. The summed E-state index contributed by atoms with van der Waals surface area (Å²) in [6.07, 6.45) is 3.08. The monoisotopic (exact) mass is 414 g/mol. The minimum Gasteiger partial charge on any atom is -0.464 e. The molecule has 0 radical (unpaired) electrons. The van der Waals surface area contributed by atoms with Crippen molar-refractivity contribution < 1.29 is 18.0 Å². The quantitative estimate of drug-likeness (QED) is 0.405. The minimum absolute atomic E-state index is 0.154. The first kappa shape index (κ1) is 20.5. The Bertz CT molecular complexity index is 1140. The molecule has 4 rings (SSSR count). The Morgan fingerprint density at radius 3 is 2.45 bits per heavy atom. The standard InChI is InChI=1S/C20H11ClF2N2O2.C2H6/c21-14-8-11-6-7-27-17(11)9-13(14)12-4-5-18(24-10-12)25-20(26)19-15(22)2-1-3-16(19)23;1-2/h1-10H,(H,24,25,26);1-2H3. The lowest BCUT2D eigenvalue weighted by atomic mass is 10.1. The van der Waals surface area contributed by atoms with Crippen molar-refractivity contribution in [3.8, 4) is 11.1 Å². The maximum atomic E-state index is 13.7. The summed E-state index contributed by atoms with van der Waals surface area (Å²) >= 11 is 6.31. The molecule has 1 amide bonds. The van der Waals surface area contributed by atoms with Gasteiger partial charge in [-0.05, 0) is 42.5 Å². The maximum absolute atomic E-state index is 13.7. The third kappa shape index (κ3) is 4.27. The highest BCUT2D eigenvalue weighted by atomic mass is 35.5. The van der Waals surface area contributed by atoms with Gasteiger partial charge in [0, 0.05) is 27.7 Å². The molecule has 4 nitrogen and oxygen atoms in total. The normalized spacial score (nSPS) is 10.4. The van der Waals surface area contributed by atoms with Crippen molar-refractivity contribution in [1.82, 2.24) is 4.98 Å². The number of anilines is 1. The first-order valence-electron chi connectivity index (χ1n) is 8.91. The number of rotatable bonds is 3.